The predicted octanol–water partition coefficient (Wildman–Crippen LogP) is 2.76. The van der Waals surface area contributed by atoms with E-state index in [0.717, 1.165) is 61.3 Å². The average molecular weight is 461 g/mol. The minimum absolute atomic E-state index is 0.168. The average Bonchev–Trinajstić information content (AvgIpc) is 3.31. The van der Waals surface area contributed by atoms with Crippen LogP contribution in [-0.2, 0) is 10.3 Å². The van der Waals surface area contributed by atoms with Crippen molar-refractivity contribution < 1.29 is 9.53 Å². The SMILES string of the molecule is N#CCC1(n2cc(-c3ncnc4[nH]ccc34)cn2)CN(C2CCN(C(=O)OCC3CC3)CC2)C1. The van der Waals surface area contributed by atoms with E-state index in [2.05, 4.69) is 31.0 Å². The number of nitrogens with zero attached hydrogens (tertiary/aromatic N) is 7. The number of fused-ring (bicyclic) bond motifs is 1. The summed E-state index contributed by atoms with van der Waals surface area (Å²) in [5.74, 6) is 0.585. The zero-order valence-electron chi connectivity index (χ0n) is 19.1. The summed E-state index contributed by atoms with van der Waals surface area (Å²) in [5, 5.41) is 15.2. The standard InChI is InChI=1S/C24H28N8O2/c25-7-6-24(32-12-18(11-29-32)21-20-3-8-26-22(20)28-16-27-21)14-31(15-24)19-4-9-30(10-5-19)23(33)34-13-17-1-2-17/h3,8,11-12,16-17,19H,1-2,4-6,9-10,13-15H2,(H,26,27,28). The molecule has 3 fully saturated rings. The van der Waals surface area contributed by atoms with Gasteiger partial charge in [-0.1, -0.05) is 0 Å². The summed E-state index contributed by atoms with van der Waals surface area (Å²) in [4.78, 5) is 28.4. The largest absolute Gasteiger partial charge is 0.449 e. The molecular formula is C24H28N8O2. The van der Waals surface area contributed by atoms with Gasteiger partial charge < -0.3 is 14.6 Å². The van der Waals surface area contributed by atoms with E-state index in [1.54, 1.807) is 6.33 Å². The number of hydrogen-bond acceptors (Lipinski definition) is 7. The molecule has 1 N–H and O–H groups in total. The van der Waals surface area contributed by atoms with Crippen LogP contribution in [0.5, 0.6) is 0 Å². The highest BCUT2D eigenvalue weighted by Crippen LogP contribution is 2.37. The van der Waals surface area contributed by atoms with Gasteiger partial charge in [0.1, 0.15) is 17.5 Å². The van der Waals surface area contributed by atoms with Crippen molar-refractivity contribution in [2.24, 2.45) is 5.92 Å². The number of aromatic nitrogens is 5. The van der Waals surface area contributed by atoms with Gasteiger partial charge in [-0.25, -0.2) is 14.8 Å². The van der Waals surface area contributed by atoms with Crippen LogP contribution in [0.1, 0.15) is 32.1 Å². The van der Waals surface area contributed by atoms with E-state index in [9.17, 15) is 10.1 Å². The summed E-state index contributed by atoms with van der Waals surface area (Å²) in [6.45, 7) is 3.58. The van der Waals surface area contributed by atoms with Crippen molar-refractivity contribution >= 4 is 17.1 Å². The molecule has 1 aliphatic carbocycles. The fraction of sp³-hybridized carbons (Fsp3) is 0.542. The third kappa shape index (κ3) is 3.80. The van der Waals surface area contributed by atoms with E-state index in [0.29, 0.717) is 25.0 Å². The van der Waals surface area contributed by atoms with Gasteiger partial charge in [-0.3, -0.25) is 9.58 Å². The Morgan fingerprint density at radius 3 is 2.82 bits per heavy atom. The van der Waals surface area contributed by atoms with Crippen molar-refractivity contribution in [3.8, 4) is 17.3 Å². The number of nitriles is 1. The lowest BCUT2D eigenvalue weighted by Crippen LogP contribution is -2.66. The van der Waals surface area contributed by atoms with E-state index in [-0.39, 0.29) is 11.6 Å². The van der Waals surface area contributed by atoms with Gasteiger partial charge in [0, 0.05) is 55.6 Å². The molecule has 1 amide bonds. The molecule has 10 nitrogen and oxygen atoms in total. The van der Waals surface area contributed by atoms with E-state index in [1.165, 1.54) is 12.8 Å². The fourth-order valence-electron chi connectivity index (χ4n) is 5.24. The van der Waals surface area contributed by atoms with E-state index in [1.807, 2.05) is 34.2 Å². The molecule has 2 saturated heterocycles. The van der Waals surface area contributed by atoms with Gasteiger partial charge in [0.05, 0.1) is 31.0 Å². The van der Waals surface area contributed by atoms with Crippen LogP contribution in [0.15, 0.2) is 31.0 Å². The molecule has 34 heavy (non-hydrogen) atoms. The maximum atomic E-state index is 12.3. The molecule has 0 unspecified atom stereocenters. The van der Waals surface area contributed by atoms with Gasteiger partial charge in [-0.05, 0) is 37.7 Å². The third-order valence-electron chi connectivity index (χ3n) is 7.48. The Bertz CT molecular complexity index is 1230. The van der Waals surface area contributed by atoms with E-state index >= 15 is 0 Å². The van der Waals surface area contributed by atoms with E-state index < -0.39 is 0 Å². The number of hydrogen-bond donors (Lipinski definition) is 1. The normalized spacial score (nSPS) is 20.7. The first-order valence-electron chi connectivity index (χ1n) is 12.0. The van der Waals surface area contributed by atoms with Crippen LogP contribution in [-0.4, -0.2) is 79.5 Å². The lowest BCUT2D eigenvalue weighted by molar-refractivity contribution is -0.0425. The lowest BCUT2D eigenvalue weighted by atomic mass is 9.84. The van der Waals surface area contributed by atoms with Crippen molar-refractivity contribution in [1.29, 1.82) is 5.26 Å². The summed E-state index contributed by atoms with van der Waals surface area (Å²) < 4.78 is 7.39. The molecule has 0 spiro atoms. The summed E-state index contributed by atoms with van der Waals surface area (Å²) >= 11 is 0. The van der Waals surface area contributed by atoms with Crippen LogP contribution in [0.25, 0.3) is 22.3 Å². The molecule has 3 aromatic heterocycles. The van der Waals surface area contributed by atoms with Gasteiger partial charge in [0.15, 0.2) is 0 Å². The molecule has 3 aromatic rings. The summed E-state index contributed by atoms with van der Waals surface area (Å²) in [5.41, 5.74) is 2.21. The number of piperidine rings is 1. The van der Waals surface area contributed by atoms with Gasteiger partial charge >= 0.3 is 6.09 Å². The van der Waals surface area contributed by atoms with Crippen molar-refractivity contribution in [3.05, 3.63) is 31.0 Å². The van der Waals surface area contributed by atoms with E-state index in [4.69, 9.17) is 4.74 Å². The molecule has 176 valence electrons. The number of rotatable bonds is 6. The molecular weight excluding hydrogens is 432 g/mol. The maximum Gasteiger partial charge on any atom is 0.409 e. The van der Waals surface area contributed by atoms with Crippen LogP contribution in [0.4, 0.5) is 4.79 Å². The van der Waals surface area contributed by atoms with Crippen molar-refractivity contribution in [2.45, 2.75) is 43.7 Å². The summed E-state index contributed by atoms with van der Waals surface area (Å²) in [6.07, 6.45) is 11.7. The highest BCUT2D eigenvalue weighted by Gasteiger charge is 2.48. The molecule has 0 radical (unpaired) electrons. The van der Waals surface area contributed by atoms with Crippen molar-refractivity contribution in [3.63, 3.8) is 0 Å². The number of aromatic amines is 1. The second-order valence-corrected chi connectivity index (χ2v) is 9.84. The van der Waals surface area contributed by atoms with Gasteiger partial charge in [-0.15, -0.1) is 0 Å². The Hall–Kier alpha value is -3.45. The highest BCUT2D eigenvalue weighted by atomic mass is 16.6. The number of amides is 1. The smallest absolute Gasteiger partial charge is 0.409 e. The molecule has 2 aliphatic heterocycles. The monoisotopic (exact) mass is 460 g/mol. The Morgan fingerprint density at radius 2 is 2.06 bits per heavy atom. The predicted molar refractivity (Wildman–Crippen MR) is 124 cm³/mol. The Kier molecular flexibility index (Phi) is 5.21. The Balaban J connectivity index is 1.10. The van der Waals surface area contributed by atoms with Crippen molar-refractivity contribution in [1.82, 2.24) is 34.5 Å². The molecule has 0 aromatic carbocycles. The first-order valence-corrected chi connectivity index (χ1v) is 12.0. The van der Waals surface area contributed by atoms with Crippen LogP contribution in [0.2, 0.25) is 0 Å². The maximum absolute atomic E-state index is 12.3. The molecule has 1 saturated carbocycles. The minimum atomic E-state index is -0.336. The number of carbonyl (C=O) groups excluding carboxylic acids is 1. The zero-order chi connectivity index (χ0) is 23.1. The first-order chi connectivity index (χ1) is 16.6. The minimum Gasteiger partial charge on any atom is -0.449 e. The number of H-pyrrole nitrogens is 1. The molecule has 10 heteroatoms. The fourth-order valence-corrected chi connectivity index (χ4v) is 5.24. The highest BCUT2D eigenvalue weighted by molar-refractivity contribution is 5.90. The molecule has 5 heterocycles. The van der Waals surface area contributed by atoms with Crippen LogP contribution < -0.4 is 0 Å². The van der Waals surface area contributed by atoms with Crippen LogP contribution >= 0.6 is 0 Å². The summed E-state index contributed by atoms with van der Waals surface area (Å²) in [7, 11) is 0. The summed E-state index contributed by atoms with van der Waals surface area (Å²) in [6, 6.07) is 4.75. The second-order valence-electron chi connectivity index (χ2n) is 9.84. The zero-order valence-corrected chi connectivity index (χ0v) is 19.1. The number of ether oxygens (including phenoxy) is 1. The van der Waals surface area contributed by atoms with Crippen LogP contribution in [0.3, 0.4) is 0 Å². The van der Waals surface area contributed by atoms with Gasteiger partial charge in [0.2, 0.25) is 0 Å². The first kappa shape index (κ1) is 21.1. The van der Waals surface area contributed by atoms with Crippen LogP contribution in [0, 0.1) is 17.2 Å². The molecule has 0 atom stereocenters. The molecule has 6 rings (SSSR count). The third-order valence-corrected chi connectivity index (χ3v) is 7.48. The molecule has 3 aliphatic rings. The number of nitrogens with one attached hydrogen (secondary N) is 1. The van der Waals surface area contributed by atoms with Crippen molar-refractivity contribution in [2.75, 3.05) is 32.8 Å². The van der Waals surface area contributed by atoms with Gasteiger partial charge in [-0.2, -0.15) is 10.4 Å². The number of carbonyl (C=O) groups is 1. The lowest BCUT2D eigenvalue weighted by Gasteiger charge is -2.53. The Morgan fingerprint density at radius 1 is 1.24 bits per heavy atom. The molecule has 0 bridgehead atoms. The Labute approximate surface area is 197 Å². The quantitative estimate of drug-likeness (QED) is 0.601. The second kappa shape index (κ2) is 8.40. The topological polar surface area (TPSA) is 116 Å². The number of likely N-dealkylation sites (tertiary alicyclic amines) is 2. The van der Waals surface area contributed by atoms with Gasteiger partial charge in [0.25, 0.3) is 0 Å².